The van der Waals surface area contributed by atoms with Gasteiger partial charge in [-0.25, -0.2) is 9.97 Å². The molecule has 4 nitrogen and oxygen atoms in total. The van der Waals surface area contributed by atoms with E-state index in [0.717, 1.165) is 0 Å². The van der Waals surface area contributed by atoms with E-state index in [-0.39, 0.29) is 0 Å². The summed E-state index contributed by atoms with van der Waals surface area (Å²) in [7, 11) is 0. The Bertz CT molecular complexity index is 246. The maximum absolute atomic E-state index is 9.44. The number of nitrogens with zero attached hydrogens (tertiary/aromatic N) is 2. The number of ether oxygens (including phenoxy) is 1. The van der Waals surface area contributed by atoms with Crippen molar-refractivity contribution in [3.8, 4) is 0 Å². The van der Waals surface area contributed by atoms with Crippen LogP contribution in [-0.2, 0) is 4.74 Å². The summed E-state index contributed by atoms with van der Waals surface area (Å²) < 4.78 is 5.08. The lowest BCUT2D eigenvalue weighted by atomic mass is 10.4. The molecule has 1 aromatic heterocycles. The number of hydrogen-bond donors (Lipinski definition) is 1. The molecule has 0 aliphatic heterocycles. The first kappa shape index (κ1) is 11.4. The fourth-order valence-corrected chi connectivity index (χ4v) is 1.54. The number of rotatable bonds is 6. The highest BCUT2D eigenvalue weighted by molar-refractivity contribution is 7.99. The lowest BCUT2D eigenvalue weighted by molar-refractivity contribution is 0.0551. The fraction of sp³-hybridized carbons (Fsp3) is 0.556. The quantitative estimate of drug-likeness (QED) is 0.565. The summed E-state index contributed by atoms with van der Waals surface area (Å²) in [6, 6.07) is 1.76. The van der Waals surface area contributed by atoms with E-state index in [1.54, 1.807) is 18.5 Å². The van der Waals surface area contributed by atoms with Crippen LogP contribution in [0.25, 0.3) is 0 Å². The predicted octanol–water partition coefficient (Wildman–Crippen LogP) is 0.966. The Kier molecular flexibility index (Phi) is 5.51. The highest BCUT2D eigenvalue weighted by Gasteiger charge is 2.05. The van der Waals surface area contributed by atoms with Gasteiger partial charge in [-0.05, 0) is 13.0 Å². The number of aliphatic hydroxyl groups is 1. The van der Waals surface area contributed by atoms with Crippen molar-refractivity contribution in [2.45, 2.75) is 18.2 Å². The first-order chi connectivity index (χ1) is 6.83. The summed E-state index contributed by atoms with van der Waals surface area (Å²) in [5, 5.41) is 10.1. The Morgan fingerprint density at radius 3 is 2.86 bits per heavy atom. The van der Waals surface area contributed by atoms with Gasteiger partial charge in [-0.3, -0.25) is 0 Å². The van der Waals surface area contributed by atoms with Crippen molar-refractivity contribution in [3.05, 3.63) is 18.5 Å². The highest BCUT2D eigenvalue weighted by atomic mass is 32.2. The molecule has 0 amide bonds. The molecule has 1 atom stereocenters. The molecular weight excluding hydrogens is 200 g/mol. The van der Waals surface area contributed by atoms with Crippen LogP contribution in [0.15, 0.2) is 23.6 Å². The Morgan fingerprint density at radius 2 is 2.21 bits per heavy atom. The minimum Gasteiger partial charge on any atom is -0.390 e. The Hall–Kier alpha value is -0.650. The van der Waals surface area contributed by atoms with Crippen LogP contribution < -0.4 is 0 Å². The predicted molar refractivity (Wildman–Crippen MR) is 55.3 cm³/mol. The average Bonchev–Trinajstić information content (AvgIpc) is 2.25. The molecule has 14 heavy (non-hydrogen) atoms. The summed E-state index contributed by atoms with van der Waals surface area (Å²) in [6.07, 6.45) is 2.91. The van der Waals surface area contributed by atoms with E-state index in [9.17, 15) is 5.11 Å². The van der Waals surface area contributed by atoms with E-state index in [1.165, 1.54) is 11.8 Å². The maximum Gasteiger partial charge on any atom is 0.187 e. The molecule has 1 aromatic rings. The molecule has 0 aliphatic rings. The van der Waals surface area contributed by atoms with Crippen molar-refractivity contribution < 1.29 is 9.84 Å². The molecular formula is C9H14N2O2S. The zero-order valence-corrected chi connectivity index (χ0v) is 8.91. The van der Waals surface area contributed by atoms with Crippen molar-refractivity contribution in [3.63, 3.8) is 0 Å². The van der Waals surface area contributed by atoms with Crippen LogP contribution in [0.3, 0.4) is 0 Å². The van der Waals surface area contributed by atoms with Crippen LogP contribution in [0.1, 0.15) is 6.92 Å². The van der Waals surface area contributed by atoms with Gasteiger partial charge >= 0.3 is 0 Å². The summed E-state index contributed by atoms with van der Waals surface area (Å²) in [6.45, 7) is 2.90. The molecule has 0 bridgehead atoms. The third-order valence-electron chi connectivity index (χ3n) is 1.46. The third kappa shape index (κ3) is 4.55. The Morgan fingerprint density at radius 1 is 1.50 bits per heavy atom. The van der Waals surface area contributed by atoms with Crippen LogP contribution in [0.4, 0.5) is 0 Å². The second kappa shape index (κ2) is 6.75. The van der Waals surface area contributed by atoms with Gasteiger partial charge in [0, 0.05) is 24.8 Å². The Balaban J connectivity index is 2.20. The van der Waals surface area contributed by atoms with Crippen molar-refractivity contribution >= 4 is 11.8 Å². The number of thioether (sulfide) groups is 1. The molecule has 1 rings (SSSR count). The maximum atomic E-state index is 9.44. The van der Waals surface area contributed by atoms with Crippen molar-refractivity contribution in [1.82, 2.24) is 9.97 Å². The van der Waals surface area contributed by atoms with E-state index < -0.39 is 6.10 Å². The van der Waals surface area contributed by atoms with Gasteiger partial charge in [-0.15, -0.1) is 0 Å². The monoisotopic (exact) mass is 214 g/mol. The molecule has 0 fully saturated rings. The molecule has 0 spiro atoms. The first-order valence-electron chi connectivity index (χ1n) is 4.48. The van der Waals surface area contributed by atoms with Crippen LogP contribution in [0.5, 0.6) is 0 Å². The van der Waals surface area contributed by atoms with Gasteiger partial charge in [0.2, 0.25) is 0 Å². The van der Waals surface area contributed by atoms with E-state index in [2.05, 4.69) is 9.97 Å². The topological polar surface area (TPSA) is 55.2 Å². The molecule has 0 saturated carbocycles. The first-order valence-corrected chi connectivity index (χ1v) is 5.47. The molecule has 1 N–H and O–H groups in total. The second-order valence-corrected chi connectivity index (χ2v) is 3.64. The summed E-state index contributed by atoms with van der Waals surface area (Å²) in [5.74, 6) is 0.560. The standard InChI is InChI=1S/C9H14N2O2S/c1-2-13-6-8(12)7-14-9-10-4-3-5-11-9/h3-5,8,12H,2,6-7H2,1H3. The number of aliphatic hydroxyl groups excluding tert-OH is 1. The minimum absolute atomic E-state index is 0.371. The van der Waals surface area contributed by atoms with Gasteiger partial charge in [0.05, 0.1) is 12.7 Å². The summed E-state index contributed by atoms with van der Waals surface area (Å²) >= 11 is 1.43. The molecule has 0 saturated heterocycles. The smallest absolute Gasteiger partial charge is 0.187 e. The van der Waals surface area contributed by atoms with Gasteiger partial charge in [0.25, 0.3) is 0 Å². The SMILES string of the molecule is CCOCC(O)CSc1ncccn1. The lowest BCUT2D eigenvalue weighted by Crippen LogP contribution is -2.18. The third-order valence-corrected chi connectivity index (χ3v) is 2.48. The molecule has 0 aliphatic carbocycles. The molecule has 5 heteroatoms. The van der Waals surface area contributed by atoms with Gasteiger partial charge < -0.3 is 9.84 Å². The van der Waals surface area contributed by atoms with E-state index >= 15 is 0 Å². The zero-order valence-electron chi connectivity index (χ0n) is 8.09. The Labute approximate surface area is 87.7 Å². The molecule has 1 unspecified atom stereocenters. The minimum atomic E-state index is -0.455. The average molecular weight is 214 g/mol. The van der Waals surface area contributed by atoms with Gasteiger partial charge in [-0.1, -0.05) is 11.8 Å². The van der Waals surface area contributed by atoms with E-state index in [4.69, 9.17) is 4.74 Å². The highest BCUT2D eigenvalue weighted by Crippen LogP contribution is 2.12. The normalized spacial score (nSPS) is 12.7. The summed E-state index contributed by atoms with van der Waals surface area (Å²) in [4.78, 5) is 8.06. The molecule has 0 aromatic carbocycles. The van der Waals surface area contributed by atoms with Gasteiger partial charge in [0.15, 0.2) is 5.16 Å². The van der Waals surface area contributed by atoms with Gasteiger partial charge in [0.1, 0.15) is 0 Å². The van der Waals surface area contributed by atoms with Gasteiger partial charge in [-0.2, -0.15) is 0 Å². The largest absolute Gasteiger partial charge is 0.390 e. The fourth-order valence-electron chi connectivity index (χ4n) is 0.833. The molecule has 78 valence electrons. The molecule has 0 radical (unpaired) electrons. The second-order valence-electron chi connectivity index (χ2n) is 2.66. The number of aromatic nitrogens is 2. The van der Waals surface area contributed by atoms with E-state index in [1.807, 2.05) is 6.92 Å². The van der Waals surface area contributed by atoms with Crippen molar-refractivity contribution in [2.75, 3.05) is 19.0 Å². The van der Waals surface area contributed by atoms with Crippen LogP contribution in [0.2, 0.25) is 0 Å². The lowest BCUT2D eigenvalue weighted by Gasteiger charge is -2.08. The number of hydrogen-bond acceptors (Lipinski definition) is 5. The van der Waals surface area contributed by atoms with Crippen molar-refractivity contribution in [2.24, 2.45) is 0 Å². The van der Waals surface area contributed by atoms with Crippen LogP contribution in [0, 0.1) is 0 Å². The summed E-state index contributed by atoms with van der Waals surface area (Å²) in [5.41, 5.74) is 0. The van der Waals surface area contributed by atoms with Crippen molar-refractivity contribution in [1.29, 1.82) is 0 Å². The van der Waals surface area contributed by atoms with E-state index in [0.29, 0.717) is 24.1 Å². The van der Waals surface area contributed by atoms with Crippen LogP contribution in [-0.4, -0.2) is 40.1 Å². The zero-order chi connectivity index (χ0) is 10.2. The molecule has 1 heterocycles. The van der Waals surface area contributed by atoms with Crippen LogP contribution >= 0.6 is 11.8 Å².